The molecule has 0 aliphatic rings. The van der Waals surface area contributed by atoms with Crippen molar-refractivity contribution in [3.8, 4) is 11.5 Å². The highest BCUT2D eigenvalue weighted by Gasteiger charge is 2.33. The molecule has 0 atom stereocenters. The SMILES string of the molecule is Cc1cc(Oc2ccc([NH-])c(F)c2)c2cccc(C(F)(F)F)c2n1. The van der Waals surface area contributed by atoms with Crippen LogP contribution in [0.4, 0.5) is 23.2 Å². The smallest absolute Gasteiger partial charge is 0.418 e. The summed E-state index contributed by atoms with van der Waals surface area (Å²) in [6.45, 7) is 1.55. The van der Waals surface area contributed by atoms with E-state index < -0.39 is 17.6 Å². The molecule has 0 amide bonds. The van der Waals surface area contributed by atoms with Gasteiger partial charge in [-0.25, -0.2) is 4.39 Å². The van der Waals surface area contributed by atoms with E-state index in [2.05, 4.69) is 4.98 Å². The molecule has 0 spiro atoms. The number of halogens is 4. The van der Waals surface area contributed by atoms with Crippen LogP contribution in [-0.2, 0) is 6.18 Å². The molecule has 0 aliphatic heterocycles. The van der Waals surface area contributed by atoms with Crippen LogP contribution in [0, 0.1) is 12.7 Å². The standard InChI is InChI=1S/C17H11F4N2O/c1-9-7-15(24-10-5-6-14(22)13(18)8-10)11-3-2-4-12(16(11)23-9)17(19,20)21/h2-8,22H,1H3/q-1. The Bertz CT molecular complexity index is 922. The number of nitrogens with zero attached hydrogens (tertiary/aromatic N) is 1. The maximum atomic E-state index is 13.5. The largest absolute Gasteiger partial charge is 0.696 e. The molecule has 7 heteroatoms. The summed E-state index contributed by atoms with van der Waals surface area (Å²) in [4.78, 5) is 3.97. The average Bonchev–Trinajstić information content (AvgIpc) is 2.49. The number of rotatable bonds is 2. The predicted molar refractivity (Wildman–Crippen MR) is 81.9 cm³/mol. The van der Waals surface area contributed by atoms with Crippen LogP contribution in [0.5, 0.6) is 11.5 Å². The fraction of sp³-hybridized carbons (Fsp3) is 0.118. The van der Waals surface area contributed by atoms with Crippen LogP contribution in [-0.4, -0.2) is 4.98 Å². The Labute approximate surface area is 134 Å². The Hall–Kier alpha value is -2.83. The Morgan fingerprint density at radius 2 is 1.83 bits per heavy atom. The first-order valence-corrected chi connectivity index (χ1v) is 6.92. The first-order valence-electron chi connectivity index (χ1n) is 6.92. The average molecular weight is 335 g/mol. The highest BCUT2D eigenvalue weighted by Crippen LogP contribution is 2.38. The maximum Gasteiger partial charge on any atom is 0.418 e. The quantitative estimate of drug-likeness (QED) is 0.525. The minimum atomic E-state index is -4.55. The van der Waals surface area contributed by atoms with E-state index in [0.717, 1.165) is 12.1 Å². The summed E-state index contributed by atoms with van der Waals surface area (Å²) in [6, 6.07) is 8.76. The topological polar surface area (TPSA) is 45.9 Å². The van der Waals surface area contributed by atoms with E-state index in [4.69, 9.17) is 10.5 Å². The van der Waals surface area contributed by atoms with Gasteiger partial charge in [0, 0.05) is 23.2 Å². The first-order chi connectivity index (χ1) is 11.3. The zero-order valence-electron chi connectivity index (χ0n) is 12.4. The third-order valence-electron chi connectivity index (χ3n) is 3.40. The third-order valence-corrected chi connectivity index (χ3v) is 3.40. The van der Waals surface area contributed by atoms with Crippen LogP contribution in [0.1, 0.15) is 11.3 Å². The molecule has 24 heavy (non-hydrogen) atoms. The van der Waals surface area contributed by atoms with Gasteiger partial charge >= 0.3 is 6.18 Å². The second kappa shape index (κ2) is 5.67. The van der Waals surface area contributed by atoms with E-state index in [9.17, 15) is 17.6 Å². The van der Waals surface area contributed by atoms with Crippen molar-refractivity contribution >= 4 is 16.6 Å². The van der Waals surface area contributed by atoms with Gasteiger partial charge in [0.2, 0.25) is 0 Å². The molecule has 0 bridgehead atoms. The van der Waals surface area contributed by atoms with Gasteiger partial charge in [0.15, 0.2) is 0 Å². The lowest BCUT2D eigenvalue weighted by atomic mass is 10.1. The summed E-state index contributed by atoms with van der Waals surface area (Å²) in [7, 11) is 0. The van der Waals surface area contributed by atoms with Crippen LogP contribution >= 0.6 is 0 Å². The number of aromatic nitrogens is 1. The van der Waals surface area contributed by atoms with Crippen molar-refractivity contribution in [2.45, 2.75) is 13.1 Å². The van der Waals surface area contributed by atoms with E-state index in [1.165, 1.54) is 30.3 Å². The second-order valence-corrected chi connectivity index (χ2v) is 5.20. The number of hydrogen-bond donors (Lipinski definition) is 0. The van der Waals surface area contributed by atoms with Crippen LogP contribution in [0.3, 0.4) is 0 Å². The van der Waals surface area contributed by atoms with Gasteiger partial charge in [-0.15, -0.1) is 5.69 Å². The minimum Gasteiger partial charge on any atom is -0.696 e. The zero-order valence-corrected chi connectivity index (χ0v) is 12.4. The molecule has 0 radical (unpaired) electrons. The van der Waals surface area contributed by atoms with Crippen LogP contribution in [0.25, 0.3) is 16.6 Å². The number of hydrogen-bond acceptors (Lipinski definition) is 2. The monoisotopic (exact) mass is 335 g/mol. The van der Waals surface area contributed by atoms with Gasteiger partial charge in [-0.3, -0.25) is 4.98 Å². The molecule has 3 nitrogen and oxygen atoms in total. The van der Waals surface area contributed by atoms with Gasteiger partial charge in [0.1, 0.15) is 17.3 Å². The van der Waals surface area contributed by atoms with E-state index in [1.807, 2.05) is 0 Å². The number of aryl methyl sites for hydroxylation is 1. The number of alkyl halides is 3. The van der Waals surface area contributed by atoms with Crippen molar-refractivity contribution in [1.29, 1.82) is 0 Å². The summed E-state index contributed by atoms with van der Waals surface area (Å²) in [5.74, 6) is -0.549. The maximum absolute atomic E-state index is 13.5. The van der Waals surface area contributed by atoms with Gasteiger partial charge in [0.05, 0.1) is 11.1 Å². The fourth-order valence-electron chi connectivity index (χ4n) is 2.34. The lowest BCUT2D eigenvalue weighted by molar-refractivity contribution is -0.136. The Kier molecular flexibility index (Phi) is 3.79. The number of nitrogens with one attached hydrogen (secondary N) is 1. The van der Waals surface area contributed by atoms with E-state index in [1.54, 1.807) is 6.92 Å². The molecule has 0 saturated carbocycles. The molecule has 1 aromatic heterocycles. The Morgan fingerprint density at radius 3 is 2.50 bits per heavy atom. The molecule has 1 heterocycles. The molecule has 2 aromatic carbocycles. The van der Waals surface area contributed by atoms with Gasteiger partial charge in [-0.1, -0.05) is 12.1 Å². The summed E-state index contributed by atoms with van der Waals surface area (Å²) in [6.07, 6.45) is -4.55. The van der Waals surface area contributed by atoms with Crippen molar-refractivity contribution in [1.82, 2.24) is 4.98 Å². The van der Waals surface area contributed by atoms with E-state index in [-0.39, 0.29) is 28.1 Å². The molecule has 0 unspecified atom stereocenters. The van der Waals surface area contributed by atoms with Gasteiger partial charge in [-0.2, -0.15) is 13.2 Å². The molecule has 0 aliphatic carbocycles. The third kappa shape index (κ3) is 2.97. The van der Waals surface area contributed by atoms with Gasteiger partial charge in [0.25, 0.3) is 0 Å². The molecular formula is C17H11F4N2O-. The number of benzene rings is 2. The fourth-order valence-corrected chi connectivity index (χ4v) is 2.34. The summed E-state index contributed by atoms with van der Waals surface area (Å²) in [5, 5.41) is 0.172. The van der Waals surface area contributed by atoms with E-state index in [0.29, 0.717) is 5.69 Å². The Morgan fingerprint density at radius 1 is 1.08 bits per heavy atom. The zero-order chi connectivity index (χ0) is 17.5. The molecule has 124 valence electrons. The predicted octanol–water partition coefficient (Wildman–Crippen LogP) is 6.18. The lowest BCUT2D eigenvalue weighted by Gasteiger charge is -2.14. The lowest BCUT2D eigenvalue weighted by Crippen LogP contribution is -2.07. The van der Waals surface area contributed by atoms with Crippen molar-refractivity contribution in [3.63, 3.8) is 0 Å². The number of para-hydroxylation sites is 1. The molecule has 3 rings (SSSR count). The molecule has 0 saturated heterocycles. The summed E-state index contributed by atoms with van der Waals surface area (Å²) in [5.41, 5.74) is 6.25. The van der Waals surface area contributed by atoms with Crippen LogP contribution in [0.2, 0.25) is 0 Å². The number of ether oxygens (including phenoxy) is 1. The van der Waals surface area contributed by atoms with Crippen molar-refractivity contribution < 1.29 is 22.3 Å². The van der Waals surface area contributed by atoms with Crippen molar-refractivity contribution in [3.05, 3.63) is 65.3 Å². The molecule has 0 fully saturated rings. The van der Waals surface area contributed by atoms with E-state index >= 15 is 0 Å². The summed E-state index contributed by atoms with van der Waals surface area (Å²) >= 11 is 0. The van der Waals surface area contributed by atoms with Crippen LogP contribution < -0.4 is 4.74 Å². The normalized spacial score (nSPS) is 11.7. The molecule has 3 aromatic rings. The Balaban J connectivity index is 2.16. The molecular weight excluding hydrogens is 324 g/mol. The molecule has 1 N–H and O–H groups in total. The van der Waals surface area contributed by atoms with Gasteiger partial charge < -0.3 is 10.5 Å². The number of fused-ring (bicyclic) bond motifs is 1. The summed E-state index contributed by atoms with van der Waals surface area (Å²) < 4.78 is 58.5. The van der Waals surface area contributed by atoms with Crippen LogP contribution in [0.15, 0.2) is 42.5 Å². The highest BCUT2D eigenvalue weighted by molar-refractivity contribution is 5.88. The van der Waals surface area contributed by atoms with Crippen molar-refractivity contribution in [2.24, 2.45) is 0 Å². The van der Waals surface area contributed by atoms with Gasteiger partial charge in [-0.05, 0) is 25.1 Å². The minimum absolute atomic E-state index is 0.0906. The first kappa shape index (κ1) is 16.0. The second-order valence-electron chi connectivity index (χ2n) is 5.20. The highest BCUT2D eigenvalue weighted by atomic mass is 19.4. The number of pyridine rings is 1. The van der Waals surface area contributed by atoms with Crippen molar-refractivity contribution in [2.75, 3.05) is 0 Å².